The SMILES string of the molecule is COC(=O)NC[C@@H](C)CC(=O)O. The maximum atomic E-state index is 10.5. The Bertz CT molecular complexity index is 169. The molecule has 2 N–H and O–H groups in total. The maximum absolute atomic E-state index is 10.5. The molecule has 0 spiro atoms. The summed E-state index contributed by atoms with van der Waals surface area (Å²) in [6, 6.07) is 0. The van der Waals surface area contributed by atoms with Gasteiger partial charge in [0.15, 0.2) is 0 Å². The third-order valence-corrected chi connectivity index (χ3v) is 1.30. The Balaban J connectivity index is 3.50. The highest BCUT2D eigenvalue weighted by Gasteiger charge is 2.08. The summed E-state index contributed by atoms with van der Waals surface area (Å²) < 4.78 is 4.31. The van der Waals surface area contributed by atoms with Crippen molar-refractivity contribution in [2.45, 2.75) is 13.3 Å². The second-order valence-electron chi connectivity index (χ2n) is 2.58. The topological polar surface area (TPSA) is 75.6 Å². The Labute approximate surface area is 70.7 Å². The molecule has 0 saturated heterocycles. The molecular formula is C7H13NO4. The van der Waals surface area contributed by atoms with Crippen LogP contribution < -0.4 is 5.32 Å². The van der Waals surface area contributed by atoms with E-state index >= 15 is 0 Å². The van der Waals surface area contributed by atoms with Crippen molar-refractivity contribution in [3.05, 3.63) is 0 Å². The molecule has 70 valence electrons. The summed E-state index contributed by atoms with van der Waals surface area (Å²) in [5.74, 6) is -0.948. The quantitative estimate of drug-likeness (QED) is 0.650. The van der Waals surface area contributed by atoms with Gasteiger partial charge in [0.05, 0.1) is 7.11 Å². The molecule has 0 aliphatic carbocycles. The Morgan fingerprint density at radius 3 is 2.58 bits per heavy atom. The van der Waals surface area contributed by atoms with E-state index in [2.05, 4.69) is 10.1 Å². The second-order valence-corrected chi connectivity index (χ2v) is 2.58. The van der Waals surface area contributed by atoms with Crippen molar-refractivity contribution < 1.29 is 19.4 Å². The van der Waals surface area contributed by atoms with Gasteiger partial charge in [-0.1, -0.05) is 6.92 Å². The molecule has 1 atom stereocenters. The van der Waals surface area contributed by atoms with Crippen molar-refractivity contribution in [3.63, 3.8) is 0 Å². The van der Waals surface area contributed by atoms with Crippen molar-refractivity contribution >= 4 is 12.1 Å². The lowest BCUT2D eigenvalue weighted by molar-refractivity contribution is -0.137. The number of carbonyl (C=O) groups excluding carboxylic acids is 1. The van der Waals surface area contributed by atoms with Gasteiger partial charge in [-0.25, -0.2) is 4.79 Å². The van der Waals surface area contributed by atoms with Gasteiger partial charge in [0.2, 0.25) is 0 Å². The number of ether oxygens (including phenoxy) is 1. The fourth-order valence-corrected chi connectivity index (χ4v) is 0.700. The molecule has 5 nitrogen and oxygen atoms in total. The number of carbonyl (C=O) groups is 2. The van der Waals surface area contributed by atoms with Gasteiger partial charge >= 0.3 is 12.1 Å². The highest BCUT2D eigenvalue weighted by atomic mass is 16.5. The lowest BCUT2D eigenvalue weighted by Crippen LogP contribution is -2.28. The van der Waals surface area contributed by atoms with E-state index in [1.165, 1.54) is 7.11 Å². The minimum atomic E-state index is -0.867. The lowest BCUT2D eigenvalue weighted by atomic mass is 10.1. The zero-order chi connectivity index (χ0) is 9.56. The van der Waals surface area contributed by atoms with E-state index in [1.807, 2.05) is 0 Å². The molecule has 0 aromatic rings. The largest absolute Gasteiger partial charge is 0.481 e. The fraction of sp³-hybridized carbons (Fsp3) is 0.714. The molecule has 0 rings (SSSR count). The number of alkyl carbamates (subject to hydrolysis) is 1. The summed E-state index contributed by atoms with van der Waals surface area (Å²) in [5, 5.41) is 10.8. The minimum absolute atomic E-state index is 0.0456. The van der Waals surface area contributed by atoms with E-state index in [-0.39, 0.29) is 12.3 Å². The molecule has 0 radical (unpaired) electrons. The average molecular weight is 175 g/mol. The van der Waals surface area contributed by atoms with Gasteiger partial charge in [0.25, 0.3) is 0 Å². The molecule has 0 bridgehead atoms. The predicted octanol–water partition coefficient (Wildman–Crippen LogP) is 0.453. The molecular weight excluding hydrogens is 162 g/mol. The highest BCUT2D eigenvalue weighted by molar-refractivity contribution is 5.68. The smallest absolute Gasteiger partial charge is 0.406 e. The summed E-state index contributed by atoms with van der Waals surface area (Å²) in [6.07, 6.45) is -0.489. The molecule has 0 unspecified atom stereocenters. The normalized spacial score (nSPS) is 11.8. The maximum Gasteiger partial charge on any atom is 0.406 e. The monoisotopic (exact) mass is 175 g/mol. The Morgan fingerprint density at radius 1 is 1.58 bits per heavy atom. The van der Waals surface area contributed by atoms with E-state index < -0.39 is 12.1 Å². The van der Waals surface area contributed by atoms with Gasteiger partial charge in [0.1, 0.15) is 0 Å². The first kappa shape index (κ1) is 10.7. The molecule has 0 aliphatic rings. The van der Waals surface area contributed by atoms with Crippen molar-refractivity contribution in [2.75, 3.05) is 13.7 Å². The van der Waals surface area contributed by atoms with Gasteiger partial charge in [0, 0.05) is 13.0 Å². The van der Waals surface area contributed by atoms with Crippen LogP contribution in [0.15, 0.2) is 0 Å². The second kappa shape index (κ2) is 5.40. The molecule has 1 amide bonds. The zero-order valence-corrected chi connectivity index (χ0v) is 7.16. The van der Waals surface area contributed by atoms with Crippen molar-refractivity contribution in [1.82, 2.24) is 5.32 Å². The van der Waals surface area contributed by atoms with Crippen LogP contribution in [-0.4, -0.2) is 30.8 Å². The van der Waals surface area contributed by atoms with E-state index in [0.29, 0.717) is 6.54 Å². The van der Waals surface area contributed by atoms with Crippen LogP contribution in [0.1, 0.15) is 13.3 Å². The number of carboxylic acid groups (broad SMARTS) is 1. The van der Waals surface area contributed by atoms with Crippen LogP contribution in [0.3, 0.4) is 0 Å². The first-order valence-corrected chi connectivity index (χ1v) is 3.60. The van der Waals surface area contributed by atoms with E-state index in [0.717, 1.165) is 0 Å². The third-order valence-electron chi connectivity index (χ3n) is 1.30. The summed E-state index contributed by atoms with van der Waals surface area (Å²) in [6.45, 7) is 2.06. The first-order valence-electron chi connectivity index (χ1n) is 3.60. The molecule has 12 heavy (non-hydrogen) atoms. The summed E-state index contributed by atoms with van der Waals surface area (Å²) in [4.78, 5) is 20.7. The predicted molar refractivity (Wildman–Crippen MR) is 41.8 cm³/mol. The molecule has 0 saturated carbocycles. The average Bonchev–Trinajstić information content (AvgIpc) is 1.99. The number of rotatable bonds is 4. The number of hydrogen-bond donors (Lipinski definition) is 2. The molecule has 0 aliphatic heterocycles. The molecule has 0 fully saturated rings. The number of amides is 1. The van der Waals surface area contributed by atoms with E-state index in [9.17, 15) is 9.59 Å². The van der Waals surface area contributed by atoms with E-state index in [4.69, 9.17) is 5.11 Å². The minimum Gasteiger partial charge on any atom is -0.481 e. The lowest BCUT2D eigenvalue weighted by Gasteiger charge is -2.08. The van der Waals surface area contributed by atoms with Crippen LogP contribution in [0, 0.1) is 5.92 Å². The van der Waals surface area contributed by atoms with Crippen LogP contribution in [0.5, 0.6) is 0 Å². The fourth-order valence-electron chi connectivity index (χ4n) is 0.700. The first-order chi connectivity index (χ1) is 5.56. The van der Waals surface area contributed by atoms with E-state index in [1.54, 1.807) is 6.92 Å². The van der Waals surface area contributed by atoms with Crippen LogP contribution in [-0.2, 0) is 9.53 Å². The Morgan fingerprint density at radius 2 is 2.17 bits per heavy atom. The standard InChI is InChI=1S/C7H13NO4/c1-5(3-6(9)10)4-8-7(11)12-2/h5H,3-4H2,1-2H3,(H,8,11)(H,9,10)/t5-/m0/s1. The summed E-state index contributed by atoms with van der Waals surface area (Å²) >= 11 is 0. The number of aliphatic carboxylic acids is 1. The van der Waals surface area contributed by atoms with Crippen LogP contribution in [0.4, 0.5) is 4.79 Å². The molecule has 0 aromatic heterocycles. The van der Waals surface area contributed by atoms with Gasteiger partial charge in [-0.2, -0.15) is 0 Å². The Kier molecular flexibility index (Phi) is 4.83. The molecule has 0 aromatic carbocycles. The van der Waals surface area contributed by atoms with Crippen LogP contribution >= 0.6 is 0 Å². The number of nitrogens with one attached hydrogen (secondary N) is 1. The molecule has 5 heteroatoms. The summed E-state index contributed by atoms with van der Waals surface area (Å²) in [5.41, 5.74) is 0. The highest BCUT2D eigenvalue weighted by Crippen LogP contribution is 1.98. The van der Waals surface area contributed by atoms with Gasteiger partial charge in [-0.15, -0.1) is 0 Å². The van der Waals surface area contributed by atoms with Gasteiger partial charge < -0.3 is 15.2 Å². The number of methoxy groups -OCH3 is 1. The Hall–Kier alpha value is -1.26. The van der Waals surface area contributed by atoms with Crippen molar-refractivity contribution in [3.8, 4) is 0 Å². The number of hydrogen-bond acceptors (Lipinski definition) is 3. The molecule has 0 heterocycles. The zero-order valence-electron chi connectivity index (χ0n) is 7.16. The van der Waals surface area contributed by atoms with Crippen LogP contribution in [0.25, 0.3) is 0 Å². The van der Waals surface area contributed by atoms with Crippen LogP contribution in [0.2, 0.25) is 0 Å². The van der Waals surface area contributed by atoms with Crippen molar-refractivity contribution in [2.24, 2.45) is 5.92 Å². The van der Waals surface area contributed by atoms with Crippen molar-refractivity contribution in [1.29, 1.82) is 0 Å². The summed E-state index contributed by atoms with van der Waals surface area (Å²) in [7, 11) is 1.26. The van der Waals surface area contributed by atoms with Gasteiger partial charge in [-0.05, 0) is 5.92 Å². The number of carboxylic acids is 1. The van der Waals surface area contributed by atoms with Gasteiger partial charge in [-0.3, -0.25) is 4.79 Å². The third kappa shape index (κ3) is 5.52.